The maximum Gasteiger partial charge on any atom is 0.191 e. The molecular weight excluding hydrogens is 463 g/mol. The minimum absolute atomic E-state index is 0. The van der Waals surface area contributed by atoms with Crippen LogP contribution in [0.1, 0.15) is 18.2 Å². The van der Waals surface area contributed by atoms with Crippen molar-refractivity contribution in [2.75, 3.05) is 20.2 Å². The number of hydrogen-bond acceptors (Lipinski definition) is 3. The van der Waals surface area contributed by atoms with Crippen LogP contribution in [0.5, 0.6) is 5.75 Å². The first kappa shape index (κ1) is 21.9. The topological polar surface area (TPSA) is 58.5 Å². The number of hydrogen-bond donors (Lipinski definition) is 2. The molecule has 0 aliphatic carbocycles. The third-order valence-corrected chi connectivity index (χ3v) is 4.37. The molecule has 0 aliphatic heterocycles. The summed E-state index contributed by atoms with van der Waals surface area (Å²) in [6, 6.07) is 18.4. The fourth-order valence-electron chi connectivity index (χ4n) is 3.03. The lowest BCUT2D eigenvalue weighted by Gasteiger charge is -2.13. The average molecular weight is 490 g/mol. The SMILES string of the molecule is CCNC(=NCc1nccc2ccccc12)NCCc1ccccc1OC.I. The van der Waals surface area contributed by atoms with E-state index >= 15 is 0 Å². The number of para-hydroxylation sites is 1. The monoisotopic (exact) mass is 490 g/mol. The van der Waals surface area contributed by atoms with E-state index in [1.54, 1.807) is 7.11 Å². The van der Waals surface area contributed by atoms with Gasteiger partial charge in [-0.1, -0.05) is 42.5 Å². The average Bonchev–Trinajstić information content (AvgIpc) is 2.72. The van der Waals surface area contributed by atoms with Crippen LogP contribution in [0.3, 0.4) is 0 Å². The Bertz CT molecular complexity index is 908. The first-order valence-corrected chi connectivity index (χ1v) is 9.28. The number of nitrogens with zero attached hydrogens (tertiary/aromatic N) is 2. The Morgan fingerprint density at radius 3 is 2.64 bits per heavy atom. The van der Waals surface area contributed by atoms with Crippen LogP contribution in [0.25, 0.3) is 10.8 Å². The molecule has 28 heavy (non-hydrogen) atoms. The molecular formula is C22H27IN4O. The number of halogens is 1. The number of methoxy groups -OCH3 is 1. The molecule has 148 valence electrons. The summed E-state index contributed by atoms with van der Waals surface area (Å²) in [6.45, 7) is 4.18. The standard InChI is InChI=1S/C22H26N4O.HI/c1-3-23-22(25-15-13-18-9-5-7-11-21(18)27-2)26-16-20-19-10-6-4-8-17(19)12-14-24-20;/h4-12,14H,3,13,15-16H2,1-2H3,(H2,23,25,26);1H. The van der Waals surface area contributed by atoms with Crippen molar-refractivity contribution in [1.82, 2.24) is 15.6 Å². The lowest BCUT2D eigenvalue weighted by Crippen LogP contribution is -2.38. The molecule has 0 bridgehead atoms. The van der Waals surface area contributed by atoms with E-state index in [2.05, 4.69) is 40.7 Å². The van der Waals surface area contributed by atoms with Crippen LogP contribution in [0, 0.1) is 0 Å². The number of benzene rings is 2. The molecule has 0 saturated heterocycles. The Morgan fingerprint density at radius 1 is 1.04 bits per heavy atom. The highest BCUT2D eigenvalue weighted by atomic mass is 127. The lowest BCUT2D eigenvalue weighted by atomic mass is 10.1. The smallest absolute Gasteiger partial charge is 0.191 e. The number of ether oxygens (including phenoxy) is 1. The lowest BCUT2D eigenvalue weighted by molar-refractivity contribution is 0.409. The van der Waals surface area contributed by atoms with Crippen molar-refractivity contribution in [2.24, 2.45) is 4.99 Å². The molecule has 0 spiro atoms. The molecule has 6 heteroatoms. The quantitative estimate of drug-likeness (QED) is 0.297. The number of rotatable bonds is 7. The van der Waals surface area contributed by atoms with Crippen molar-refractivity contribution in [3.05, 3.63) is 72.1 Å². The Labute approximate surface area is 183 Å². The van der Waals surface area contributed by atoms with Crippen LogP contribution in [-0.4, -0.2) is 31.1 Å². The molecule has 1 heterocycles. The highest BCUT2D eigenvalue weighted by Crippen LogP contribution is 2.18. The fraction of sp³-hybridized carbons (Fsp3) is 0.273. The van der Waals surface area contributed by atoms with E-state index in [0.29, 0.717) is 6.54 Å². The molecule has 1 aromatic heterocycles. The molecule has 0 atom stereocenters. The van der Waals surface area contributed by atoms with E-state index < -0.39 is 0 Å². The van der Waals surface area contributed by atoms with Gasteiger partial charge in [-0.25, -0.2) is 4.99 Å². The zero-order valence-corrected chi connectivity index (χ0v) is 18.6. The second-order valence-corrected chi connectivity index (χ2v) is 6.16. The van der Waals surface area contributed by atoms with Crippen LogP contribution in [0.4, 0.5) is 0 Å². The van der Waals surface area contributed by atoms with Crippen molar-refractivity contribution in [3.63, 3.8) is 0 Å². The predicted octanol–water partition coefficient (Wildman–Crippen LogP) is 4.16. The summed E-state index contributed by atoms with van der Waals surface area (Å²) < 4.78 is 5.41. The van der Waals surface area contributed by atoms with E-state index in [9.17, 15) is 0 Å². The Morgan fingerprint density at radius 2 is 1.82 bits per heavy atom. The van der Waals surface area contributed by atoms with E-state index in [4.69, 9.17) is 9.73 Å². The second kappa shape index (κ2) is 11.5. The summed E-state index contributed by atoms with van der Waals surface area (Å²) in [4.78, 5) is 9.22. The van der Waals surface area contributed by atoms with E-state index in [1.807, 2.05) is 42.6 Å². The maximum absolute atomic E-state index is 5.41. The second-order valence-electron chi connectivity index (χ2n) is 6.16. The molecule has 0 aliphatic rings. The van der Waals surface area contributed by atoms with Gasteiger partial charge in [-0.05, 0) is 36.4 Å². The largest absolute Gasteiger partial charge is 0.496 e. The van der Waals surface area contributed by atoms with Gasteiger partial charge in [0.15, 0.2) is 5.96 Å². The molecule has 0 radical (unpaired) electrons. The highest BCUT2D eigenvalue weighted by Gasteiger charge is 2.04. The number of guanidine groups is 1. The van der Waals surface area contributed by atoms with Gasteiger partial charge in [-0.2, -0.15) is 0 Å². The molecule has 0 amide bonds. The number of fused-ring (bicyclic) bond motifs is 1. The molecule has 0 fully saturated rings. The van der Waals surface area contributed by atoms with Gasteiger partial charge in [0.25, 0.3) is 0 Å². The molecule has 0 saturated carbocycles. The number of aromatic nitrogens is 1. The Balaban J connectivity index is 0.00000280. The normalized spacial score (nSPS) is 11.0. The van der Waals surface area contributed by atoms with Crippen LogP contribution in [0.2, 0.25) is 0 Å². The van der Waals surface area contributed by atoms with Gasteiger partial charge in [0.05, 0.1) is 19.3 Å². The summed E-state index contributed by atoms with van der Waals surface area (Å²) in [6.07, 6.45) is 2.70. The molecule has 0 unspecified atom stereocenters. The Hall–Kier alpha value is -2.35. The van der Waals surface area contributed by atoms with Gasteiger partial charge in [-0.3, -0.25) is 4.98 Å². The number of nitrogens with one attached hydrogen (secondary N) is 2. The van der Waals surface area contributed by atoms with E-state index in [-0.39, 0.29) is 24.0 Å². The summed E-state index contributed by atoms with van der Waals surface area (Å²) in [5.41, 5.74) is 2.16. The van der Waals surface area contributed by atoms with Gasteiger partial charge in [0.1, 0.15) is 5.75 Å². The van der Waals surface area contributed by atoms with Gasteiger partial charge in [-0.15, -0.1) is 24.0 Å². The maximum atomic E-state index is 5.41. The van der Waals surface area contributed by atoms with Crippen molar-refractivity contribution in [3.8, 4) is 5.75 Å². The first-order chi connectivity index (χ1) is 13.3. The van der Waals surface area contributed by atoms with Crippen LogP contribution in [0.15, 0.2) is 65.8 Å². The van der Waals surface area contributed by atoms with Crippen molar-refractivity contribution >= 4 is 40.7 Å². The van der Waals surface area contributed by atoms with Gasteiger partial charge < -0.3 is 15.4 Å². The van der Waals surface area contributed by atoms with Crippen LogP contribution >= 0.6 is 24.0 Å². The van der Waals surface area contributed by atoms with Crippen LogP contribution in [-0.2, 0) is 13.0 Å². The molecule has 5 nitrogen and oxygen atoms in total. The zero-order valence-electron chi connectivity index (χ0n) is 16.3. The molecule has 2 N–H and O–H groups in total. The van der Waals surface area contributed by atoms with Crippen molar-refractivity contribution < 1.29 is 4.74 Å². The summed E-state index contributed by atoms with van der Waals surface area (Å²) in [5.74, 6) is 1.71. The van der Waals surface area contributed by atoms with E-state index in [0.717, 1.165) is 42.3 Å². The third-order valence-electron chi connectivity index (χ3n) is 4.37. The molecule has 2 aromatic carbocycles. The number of pyridine rings is 1. The van der Waals surface area contributed by atoms with Gasteiger partial charge in [0, 0.05) is 24.7 Å². The van der Waals surface area contributed by atoms with E-state index in [1.165, 1.54) is 10.9 Å². The third kappa shape index (κ3) is 5.82. The summed E-state index contributed by atoms with van der Waals surface area (Å²) in [7, 11) is 1.70. The zero-order chi connectivity index (χ0) is 18.9. The first-order valence-electron chi connectivity index (χ1n) is 9.28. The minimum atomic E-state index is 0. The molecule has 3 aromatic rings. The molecule has 3 rings (SSSR count). The Kier molecular flexibility index (Phi) is 9.00. The summed E-state index contributed by atoms with van der Waals surface area (Å²) >= 11 is 0. The summed E-state index contributed by atoms with van der Waals surface area (Å²) in [5, 5.41) is 9.02. The van der Waals surface area contributed by atoms with Gasteiger partial charge >= 0.3 is 0 Å². The van der Waals surface area contributed by atoms with Crippen molar-refractivity contribution in [1.29, 1.82) is 0 Å². The number of aliphatic imine (C=N–C) groups is 1. The predicted molar refractivity (Wildman–Crippen MR) is 127 cm³/mol. The van der Waals surface area contributed by atoms with Crippen LogP contribution < -0.4 is 15.4 Å². The minimum Gasteiger partial charge on any atom is -0.496 e. The fourth-order valence-corrected chi connectivity index (χ4v) is 3.03. The highest BCUT2D eigenvalue weighted by molar-refractivity contribution is 14.0. The van der Waals surface area contributed by atoms with Crippen molar-refractivity contribution in [2.45, 2.75) is 19.9 Å². The van der Waals surface area contributed by atoms with Gasteiger partial charge in [0.2, 0.25) is 0 Å².